The normalized spacial score (nSPS) is 11.9. The molecular formula is C11H16N4O3S. The van der Waals surface area contributed by atoms with E-state index in [2.05, 4.69) is 20.2 Å². The van der Waals surface area contributed by atoms with Gasteiger partial charge in [-0.3, -0.25) is 5.10 Å². The second-order valence-corrected chi connectivity index (χ2v) is 5.81. The number of aromatic amines is 1. The molecule has 0 saturated carbocycles. The van der Waals surface area contributed by atoms with E-state index in [0.29, 0.717) is 17.9 Å². The van der Waals surface area contributed by atoms with Crippen LogP contribution >= 0.6 is 0 Å². The lowest BCUT2D eigenvalue weighted by Crippen LogP contribution is -2.25. The predicted octanol–water partition coefficient (Wildman–Crippen LogP) is 0.509. The van der Waals surface area contributed by atoms with Crippen LogP contribution in [0.1, 0.15) is 17.0 Å². The molecule has 7 nitrogen and oxygen atoms in total. The minimum absolute atomic E-state index is 0.183. The molecule has 8 heteroatoms. The molecule has 0 fully saturated rings. The second-order valence-electron chi connectivity index (χ2n) is 4.11. The third-order valence-electron chi connectivity index (χ3n) is 2.62. The number of nitrogens with one attached hydrogen (secondary N) is 3. The largest absolute Gasteiger partial charge is 0.472 e. The van der Waals surface area contributed by atoms with Gasteiger partial charge in [0.05, 0.1) is 23.9 Å². The maximum absolute atomic E-state index is 12.3. The molecule has 19 heavy (non-hydrogen) atoms. The number of rotatable bonds is 6. The first kappa shape index (κ1) is 13.8. The minimum atomic E-state index is -3.60. The standard InChI is InChI=1S/C11H16N4O3S/c1-8-11(10(6-12-2)15-14-8)19(16,17)13-5-9-3-4-18-7-9/h3-4,7,12-13H,5-6H2,1-2H3,(H,14,15). The summed E-state index contributed by atoms with van der Waals surface area (Å²) >= 11 is 0. The average molecular weight is 284 g/mol. The highest BCUT2D eigenvalue weighted by molar-refractivity contribution is 7.89. The summed E-state index contributed by atoms with van der Waals surface area (Å²) in [5, 5.41) is 9.57. The van der Waals surface area contributed by atoms with Crippen LogP contribution < -0.4 is 10.0 Å². The Morgan fingerprint density at radius 1 is 1.42 bits per heavy atom. The van der Waals surface area contributed by atoms with Gasteiger partial charge in [-0.2, -0.15) is 5.10 Å². The molecule has 0 aliphatic heterocycles. The van der Waals surface area contributed by atoms with Crippen LogP contribution in [0.25, 0.3) is 0 Å². The Balaban J connectivity index is 2.21. The lowest BCUT2D eigenvalue weighted by molar-refractivity contribution is 0.561. The van der Waals surface area contributed by atoms with Crippen molar-refractivity contribution in [1.29, 1.82) is 0 Å². The lowest BCUT2D eigenvalue weighted by atomic mass is 10.3. The maximum Gasteiger partial charge on any atom is 0.244 e. The zero-order valence-electron chi connectivity index (χ0n) is 10.7. The molecule has 0 amide bonds. The van der Waals surface area contributed by atoms with Crippen LogP contribution in [0.3, 0.4) is 0 Å². The molecule has 2 heterocycles. The van der Waals surface area contributed by atoms with Crippen LogP contribution in [-0.2, 0) is 23.1 Å². The van der Waals surface area contributed by atoms with E-state index in [1.165, 1.54) is 12.5 Å². The predicted molar refractivity (Wildman–Crippen MR) is 68.8 cm³/mol. The Bertz CT molecular complexity index is 631. The summed E-state index contributed by atoms with van der Waals surface area (Å²) in [5.41, 5.74) is 1.75. The van der Waals surface area contributed by atoms with Crippen LogP contribution in [0.2, 0.25) is 0 Å². The molecule has 2 rings (SSSR count). The van der Waals surface area contributed by atoms with E-state index < -0.39 is 10.0 Å². The molecule has 2 aromatic heterocycles. The van der Waals surface area contributed by atoms with E-state index >= 15 is 0 Å². The maximum atomic E-state index is 12.3. The van der Waals surface area contributed by atoms with Gasteiger partial charge >= 0.3 is 0 Å². The van der Waals surface area contributed by atoms with Gasteiger partial charge in [0.15, 0.2) is 0 Å². The van der Waals surface area contributed by atoms with Crippen molar-refractivity contribution in [3.63, 3.8) is 0 Å². The monoisotopic (exact) mass is 284 g/mol. The number of aromatic nitrogens is 2. The molecule has 0 spiro atoms. The Morgan fingerprint density at radius 2 is 2.21 bits per heavy atom. The van der Waals surface area contributed by atoms with Crippen molar-refractivity contribution in [1.82, 2.24) is 20.2 Å². The summed E-state index contributed by atoms with van der Waals surface area (Å²) in [6, 6.07) is 1.71. The van der Waals surface area contributed by atoms with Crippen molar-refractivity contribution >= 4 is 10.0 Å². The van der Waals surface area contributed by atoms with E-state index in [1.807, 2.05) is 0 Å². The van der Waals surface area contributed by atoms with Gasteiger partial charge in [0, 0.05) is 18.7 Å². The minimum Gasteiger partial charge on any atom is -0.472 e. The summed E-state index contributed by atoms with van der Waals surface area (Å²) in [7, 11) is -1.87. The fourth-order valence-electron chi connectivity index (χ4n) is 1.76. The van der Waals surface area contributed by atoms with Crippen LogP contribution in [0.15, 0.2) is 27.9 Å². The molecule has 0 aliphatic rings. The van der Waals surface area contributed by atoms with Crippen molar-refractivity contribution in [2.45, 2.75) is 24.9 Å². The Morgan fingerprint density at radius 3 is 2.84 bits per heavy atom. The molecule has 0 unspecified atom stereocenters. The van der Waals surface area contributed by atoms with Gasteiger partial charge in [0.25, 0.3) is 0 Å². The summed E-state index contributed by atoms with van der Waals surface area (Å²) in [5.74, 6) is 0. The molecule has 0 aliphatic carbocycles. The van der Waals surface area contributed by atoms with Gasteiger partial charge in [-0.1, -0.05) is 0 Å². The zero-order valence-corrected chi connectivity index (χ0v) is 11.5. The quantitative estimate of drug-likeness (QED) is 0.717. The Labute approximate surface area is 111 Å². The van der Waals surface area contributed by atoms with Gasteiger partial charge in [-0.05, 0) is 20.0 Å². The van der Waals surface area contributed by atoms with E-state index in [1.54, 1.807) is 20.0 Å². The highest BCUT2D eigenvalue weighted by Gasteiger charge is 2.23. The van der Waals surface area contributed by atoms with Crippen molar-refractivity contribution in [2.24, 2.45) is 0 Å². The molecule has 0 radical (unpaired) electrons. The number of nitrogens with zero attached hydrogens (tertiary/aromatic N) is 1. The van der Waals surface area contributed by atoms with Crippen LogP contribution in [0.5, 0.6) is 0 Å². The molecule has 0 aromatic carbocycles. The Hall–Kier alpha value is -1.64. The number of aryl methyl sites for hydroxylation is 1. The van der Waals surface area contributed by atoms with Gasteiger partial charge in [0.2, 0.25) is 10.0 Å². The van der Waals surface area contributed by atoms with Crippen molar-refractivity contribution in [3.05, 3.63) is 35.5 Å². The van der Waals surface area contributed by atoms with Gasteiger partial charge in [-0.15, -0.1) is 0 Å². The average Bonchev–Trinajstić information content (AvgIpc) is 2.97. The summed E-state index contributed by atoms with van der Waals surface area (Å²) < 4.78 is 32.0. The van der Waals surface area contributed by atoms with E-state index in [4.69, 9.17) is 4.42 Å². The van der Waals surface area contributed by atoms with Crippen molar-refractivity contribution in [3.8, 4) is 0 Å². The molecular weight excluding hydrogens is 268 g/mol. The Kier molecular flexibility index (Phi) is 4.03. The van der Waals surface area contributed by atoms with Crippen LogP contribution in [-0.4, -0.2) is 25.7 Å². The number of hydrogen-bond donors (Lipinski definition) is 3. The molecule has 2 aromatic rings. The second kappa shape index (κ2) is 5.55. The fraction of sp³-hybridized carbons (Fsp3) is 0.364. The first-order valence-corrected chi connectivity index (χ1v) is 7.22. The van der Waals surface area contributed by atoms with Crippen LogP contribution in [0.4, 0.5) is 0 Å². The van der Waals surface area contributed by atoms with Gasteiger partial charge in [-0.25, -0.2) is 13.1 Å². The molecule has 0 saturated heterocycles. The third-order valence-corrected chi connectivity index (χ3v) is 4.22. The number of H-pyrrole nitrogens is 1. The molecule has 3 N–H and O–H groups in total. The zero-order chi connectivity index (χ0) is 13.9. The van der Waals surface area contributed by atoms with E-state index in [-0.39, 0.29) is 11.4 Å². The molecule has 0 bridgehead atoms. The molecule has 0 atom stereocenters. The SMILES string of the molecule is CNCc1n[nH]c(C)c1S(=O)(=O)NCc1ccoc1. The number of sulfonamides is 1. The third kappa shape index (κ3) is 3.03. The van der Waals surface area contributed by atoms with Crippen LogP contribution in [0, 0.1) is 6.92 Å². The lowest BCUT2D eigenvalue weighted by Gasteiger charge is -2.06. The topological polar surface area (TPSA) is 100 Å². The number of furan rings is 1. The smallest absolute Gasteiger partial charge is 0.244 e. The van der Waals surface area contributed by atoms with Gasteiger partial charge < -0.3 is 9.73 Å². The highest BCUT2D eigenvalue weighted by atomic mass is 32.2. The fourth-order valence-corrected chi connectivity index (χ4v) is 3.13. The summed E-state index contributed by atoms with van der Waals surface area (Å²) in [6.45, 7) is 2.24. The first-order chi connectivity index (χ1) is 9.04. The summed E-state index contributed by atoms with van der Waals surface area (Å²) in [4.78, 5) is 0.199. The highest BCUT2D eigenvalue weighted by Crippen LogP contribution is 2.17. The van der Waals surface area contributed by atoms with Crippen molar-refractivity contribution < 1.29 is 12.8 Å². The number of hydrogen-bond acceptors (Lipinski definition) is 5. The summed E-state index contributed by atoms with van der Waals surface area (Å²) in [6.07, 6.45) is 3.00. The first-order valence-electron chi connectivity index (χ1n) is 5.74. The van der Waals surface area contributed by atoms with E-state index in [9.17, 15) is 8.42 Å². The molecule has 104 valence electrons. The van der Waals surface area contributed by atoms with E-state index in [0.717, 1.165) is 5.56 Å². The van der Waals surface area contributed by atoms with Gasteiger partial charge in [0.1, 0.15) is 4.90 Å². The van der Waals surface area contributed by atoms with Crippen molar-refractivity contribution in [2.75, 3.05) is 7.05 Å².